The van der Waals surface area contributed by atoms with Crippen LogP contribution in [0.1, 0.15) is 42.2 Å². The Hall–Kier alpha value is -2.22. The van der Waals surface area contributed by atoms with Gasteiger partial charge in [0, 0.05) is 36.7 Å². The summed E-state index contributed by atoms with van der Waals surface area (Å²) in [5.41, 5.74) is 1.98. The number of carbonyl (C=O) groups is 2. The van der Waals surface area contributed by atoms with E-state index in [1.807, 2.05) is 48.7 Å². The largest absolute Gasteiger partial charge is 0.379 e. The summed E-state index contributed by atoms with van der Waals surface area (Å²) in [6.45, 7) is 4.60. The van der Waals surface area contributed by atoms with E-state index in [4.69, 9.17) is 9.47 Å². The van der Waals surface area contributed by atoms with Crippen LogP contribution in [0.4, 0.5) is 5.69 Å². The fraction of sp³-hybridized carbons (Fsp3) is 0.500. The van der Waals surface area contributed by atoms with E-state index in [2.05, 4.69) is 5.32 Å². The molecule has 1 N–H and O–H groups in total. The molecule has 4 rings (SSSR count). The summed E-state index contributed by atoms with van der Waals surface area (Å²) < 4.78 is 11.2. The van der Waals surface area contributed by atoms with Crippen LogP contribution in [0.25, 0.3) is 0 Å². The molecule has 3 atom stereocenters. The number of hydrogen-bond acceptors (Lipinski definition) is 5. The molecular formula is C24H30N2O4S. The van der Waals surface area contributed by atoms with Crippen LogP contribution in [-0.4, -0.2) is 44.3 Å². The number of ether oxygens (including phenoxy) is 2. The van der Waals surface area contributed by atoms with Crippen molar-refractivity contribution in [1.29, 1.82) is 0 Å². The molecule has 0 bridgehead atoms. The Morgan fingerprint density at radius 1 is 1.29 bits per heavy atom. The topological polar surface area (TPSA) is 67.9 Å². The molecule has 7 heteroatoms. The average Bonchev–Trinajstić information content (AvgIpc) is 3.52. The fourth-order valence-corrected chi connectivity index (χ4v) is 5.15. The lowest BCUT2D eigenvalue weighted by Crippen LogP contribution is -2.36. The number of anilines is 1. The molecule has 2 aliphatic rings. The van der Waals surface area contributed by atoms with Gasteiger partial charge in [-0.3, -0.25) is 9.59 Å². The van der Waals surface area contributed by atoms with Crippen LogP contribution in [0.5, 0.6) is 0 Å². The maximum Gasteiger partial charge on any atom is 0.228 e. The quantitative estimate of drug-likeness (QED) is 0.599. The van der Waals surface area contributed by atoms with E-state index in [0.717, 1.165) is 42.0 Å². The van der Waals surface area contributed by atoms with Crippen LogP contribution in [0.15, 0.2) is 41.8 Å². The van der Waals surface area contributed by atoms with Crippen LogP contribution in [0.2, 0.25) is 0 Å². The van der Waals surface area contributed by atoms with Gasteiger partial charge in [-0.05, 0) is 49.8 Å². The first-order chi connectivity index (χ1) is 15.1. The molecule has 0 saturated carbocycles. The normalized spacial score (nSPS) is 23.5. The monoisotopic (exact) mass is 442 g/mol. The molecule has 0 aliphatic carbocycles. The van der Waals surface area contributed by atoms with E-state index in [0.29, 0.717) is 19.8 Å². The second-order valence-electron chi connectivity index (χ2n) is 8.22. The summed E-state index contributed by atoms with van der Waals surface area (Å²) >= 11 is 1.59. The predicted octanol–water partition coefficient (Wildman–Crippen LogP) is 3.85. The molecule has 2 aromatic rings. The number of benzene rings is 1. The summed E-state index contributed by atoms with van der Waals surface area (Å²) in [4.78, 5) is 28.8. The average molecular weight is 443 g/mol. The molecule has 6 nitrogen and oxygen atoms in total. The molecule has 2 fully saturated rings. The zero-order valence-corrected chi connectivity index (χ0v) is 18.7. The molecule has 0 spiro atoms. The predicted molar refractivity (Wildman–Crippen MR) is 121 cm³/mol. The number of carbonyl (C=O) groups excluding carboxylic acids is 2. The minimum absolute atomic E-state index is 0.0118. The lowest BCUT2D eigenvalue weighted by atomic mass is 9.97. The van der Waals surface area contributed by atoms with Gasteiger partial charge in [0.1, 0.15) is 0 Å². The van der Waals surface area contributed by atoms with Crippen molar-refractivity contribution < 1.29 is 19.1 Å². The summed E-state index contributed by atoms with van der Waals surface area (Å²) in [7, 11) is 0. The highest BCUT2D eigenvalue weighted by molar-refractivity contribution is 7.10. The van der Waals surface area contributed by atoms with Gasteiger partial charge in [-0.1, -0.05) is 23.8 Å². The maximum atomic E-state index is 13.0. The van der Waals surface area contributed by atoms with Crippen molar-refractivity contribution in [3.8, 4) is 0 Å². The highest BCUT2D eigenvalue weighted by atomic mass is 32.1. The van der Waals surface area contributed by atoms with Crippen LogP contribution in [-0.2, 0) is 19.1 Å². The third kappa shape index (κ3) is 5.34. The first-order valence-electron chi connectivity index (χ1n) is 11.0. The van der Waals surface area contributed by atoms with Crippen molar-refractivity contribution in [2.75, 3.05) is 31.3 Å². The van der Waals surface area contributed by atoms with E-state index >= 15 is 0 Å². The summed E-state index contributed by atoms with van der Waals surface area (Å²) in [5, 5.41) is 5.01. The number of amides is 2. The molecule has 0 radical (unpaired) electrons. The minimum atomic E-state index is -0.403. The second-order valence-corrected chi connectivity index (χ2v) is 9.20. The Bertz CT molecular complexity index is 862. The van der Waals surface area contributed by atoms with E-state index < -0.39 is 5.92 Å². The van der Waals surface area contributed by atoms with Crippen molar-refractivity contribution in [2.45, 2.75) is 44.8 Å². The Kier molecular flexibility index (Phi) is 7.37. The Balaban J connectivity index is 1.35. The smallest absolute Gasteiger partial charge is 0.228 e. The van der Waals surface area contributed by atoms with Crippen LogP contribution in [0.3, 0.4) is 0 Å². The van der Waals surface area contributed by atoms with Crippen LogP contribution in [0, 0.1) is 12.8 Å². The number of aryl methyl sites for hydroxylation is 1. The third-order valence-corrected chi connectivity index (χ3v) is 6.84. The zero-order valence-electron chi connectivity index (χ0n) is 17.9. The summed E-state index contributed by atoms with van der Waals surface area (Å²) in [6, 6.07) is 11.6. The summed E-state index contributed by atoms with van der Waals surface area (Å²) in [6.07, 6.45) is 3.35. The highest BCUT2D eigenvalue weighted by Crippen LogP contribution is 2.43. The molecular weight excluding hydrogens is 412 g/mol. The van der Waals surface area contributed by atoms with Gasteiger partial charge < -0.3 is 19.7 Å². The van der Waals surface area contributed by atoms with E-state index in [-0.39, 0.29) is 30.4 Å². The Morgan fingerprint density at radius 3 is 2.84 bits per heavy atom. The van der Waals surface area contributed by atoms with Crippen molar-refractivity contribution in [2.24, 2.45) is 5.92 Å². The Morgan fingerprint density at radius 2 is 2.13 bits per heavy atom. The molecule has 2 aliphatic heterocycles. The standard InChI is InChI=1S/C24H30N2O4S/c1-17-7-9-18(10-8-17)26-22(27)15-20(23(26)21-6-3-14-31-21)24(28)25-11-4-12-29-16-19-5-2-13-30-19/h3,6-10,14,19-20,23H,2,4-5,11-13,15-16H2,1H3,(H,25,28). The molecule has 31 heavy (non-hydrogen) atoms. The summed E-state index contributed by atoms with van der Waals surface area (Å²) in [5.74, 6) is -0.483. The van der Waals surface area contributed by atoms with Gasteiger partial charge in [0.25, 0.3) is 0 Å². The van der Waals surface area contributed by atoms with Gasteiger partial charge in [0.05, 0.1) is 24.7 Å². The van der Waals surface area contributed by atoms with Gasteiger partial charge in [0.15, 0.2) is 0 Å². The molecule has 1 aromatic heterocycles. The maximum absolute atomic E-state index is 13.0. The lowest BCUT2D eigenvalue weighted by Gasteiger charge is -2.27. The SMILES string of the molecule is Cc1ccc(N2C(=O)CC(C(=O)NCCCOCC3CCCO3)C2c2cccs2)cc1. The van der Waals surface area contributed by atoms with Crippen molar-refractivity contribution in [3.05, 3.63) is 52.2 Å². The number of nitrogens with zero attached hydrogens (tertiary/aromatic N) is 1. The fourth-order valence-electron chi connectivity index (χ4n) is 4.27. The first-order valence-corrected chi connectivity index (χ1v) is 11.9. The van der Waals surface area contributed by atoms with Crippen molar-refractivity contribution >= 4 is 28.8 Å². The number of hydrogen-bond donors (Lipinski definition) is 1. The second kappa shape index (κ2) is 10.4. The van der Waals surface area contributed by atoms with E-state index in [9.17, 15) is 9.59 Å². The van der Waals surface area contributed by atoms with Gasteiger partial charge in [-0.2, -0.15) is 0 Å². The molecule has 3 unspecified atom stereocenters. The van der Waals surface area contributed by atoms with E-state index in [1.54, 1.807) is 16.2 Å². The molecule has 1 aromatic carbocycles. The van der Waals surface area contributed by atoms with E-state index in [1.165, 1.54) is 0 Å². The van der Waals surface area contributed by atoms with Gasteiger partial charge in [-0.15, -0.1) is 11.3 Å². The molecule has 3 heterocycles. The Labute approximate surface area is 187 Å². The minimum Gasteiger partial charge on any atom is -0.379 e. The third-order valence-electron chi connectivity index (χ3n) is 5.90. The zero-order chi connectivity index (χ0) is 21.6. The first kappa shape index (κ1) is 22.0. The molecule has 166 valence electrons. The molecule has 2 amide bonds. The van der Waals surface area contributed by atoms with Crippen LogP contribution < -0.4 is 10.2 Å². The van der Waals surface area contributed by atoms with Gasteiger partial charge in [-0.25, -0.2) is 0 Å². The highest BCUT2D eigenvalue weighted by Gasteiger charge is 2.45. The number of nitrogens with one attached hydrogen (secondary N) is 1. The van der Waals surface area contributed by atoms with Gasteiger partial charge in [0.2, 0.25) is 11.8 Å². The number of rotatable bonds is 9. The number of thiophene rings is 1. The van der Waals surface area contributed by atoms with Crippen molar-refractivity contribution in [1.82, 2.24) is 5.32 Å². The van der Waals surface area contributed by atoms with Crippen LogP contribution >= 0.6 is 11.3 Å². The van der Waals surface area contributed by atoms with Crippen molar-refractivity contribution in [3.63, 3.8) is 0 Å². The molecule has 2 saturated heterocycles. The lowest BCUT2D eigenvalue weighted by molar-refractivity contribution is -0.126. The van der Waals surface area contributed by atoms with Gasteiger partial charge >= 0.3 is 0 Å².